The van der Waals surface area contributed by atoms with E-state index < -0.39 is 4.92 Å². The second-order valence-electron chi connectivity index (χ2n) is 10.8. The van der Waals surface area contributed by atoms with E-state index in [0.29, 0.717) is 42.6 Å². The third kappa shape index (κ3) is 6.68. The Balaban J connectivity index is 1.15. The standard InChI is InChI=1S/C31H37N5O4/c1-23(2)22-40-28-9-3-6-24(20-28)21-34-16-18-35(19-17-34)31(37)26-11-13-27(14-12-26)33-36(38,39)29-10-4-7-25-8-5-15-32-30(25)29/h3-4,6-7,9-15,20,23,38-39H,5,8,16-19,21-22H2,1-2H3/p+1. The van der Waals surface area contributed by atoms with Gasteiger partial charge in [0.05, 0.1) is 17.2 Å². The summed E-state index contributed by atoms with van der Waals surface area (Å²) in [5.41, 5.74) is 6.70. The highest BCUT2D eigenvalue weighted by atomic mass is 16.9. The number of carbonyl (C=O) groups is 1. The number of aryl methyl sites for hydroxylation is 1. The van der Waals surface area contributed by atoms with Crippen LogP contribution in [0.4, 0.5) is 17.1 Å². The van der Waals surface area contributed by atoms with Crippen molar-refractivity contribution in [2.24, 2.45) is 10.9 Å². The number of ether oxygens (including phenoxy) is 1. The number of nitrogens with one attached hydrogen (secondary N) is 1. The Kier molecular flexibility index (Phi) is 8.46. The number of fused-ring (bicyclic) bond motifs is 1. The number of para-hydroxylation sites is 1. The van der Waals surface area contributed by atoms with Gasteiger partial charge in [-0.25, -0.2) is 0 Å². The van der Waals surface area contributed by atoms with Gasteiger partial charge in [0.25, 0.3) is 11.6 Å². The molecule has 0 saturated carbocycles. The molecule has 0 aliphatic carbocycles. The highest BCUT2D eigenvalue weighted by molar-refractivity contribution is 5.94. The first-order valence-electron chi connectivity index (χ1n) is 13.9. The van der Waals surface area contributed by atoms with E-state index in [1.807, 2.05) is 23.1 Å². The van der Waals surface area contributed by atoms with Crippen LogP contribution in [0.1, 0.15) is 41.8 Å². The van der Waals surface area contributed by atoms with E-state index in [1.54, 1.807) is 42.6 Å². The van der Waals surface area contributed by atoms with E-state index >= 15 is 0 Å². The van der Waals surface area contributed by atoms with E-state index in [1.165, 1.54) is 5.56 Å². The number of carbonyl (C=O) groups excluding carboxylic acids is 1. The van der Waals surface area contributed by atoms with Crippen molar-refractivity contribution in [1.29, 1.82) is 0 Å². The van der Waals surface area contributed by atoms with Gasteiger partial charge in [0.15, 0.2) is 0 Å². The Morgan fingerprint density at radius 1 is 1.02 bits per heavy atom. The number of benzene rings is 3. The fourth-order valence-electron chi connectivity index (χ4n) is 5.03. The van der Waals surface area contributed by atoms with Crippen LogP contribution in [0, 0.1) is 5.92 Å². The number of aliphatic imine (C=N–C) groups is 1. The molecule has 1 saturated heterocycles. The summed E-state index contributed by atoms with van der Waals surface area (Å²) < 4.78 is 5.86. The Morgan fingerprint density at radius 3 is 2.52 bits per heavy atom. The van der Waals surface area contributed by atoms with Gasteiger partial charge in [0.1, 0.15) is 11.4 Å². The quantitative estimate of drug-likeness (QED) is 0.245. The Morgan fingerprint density at radius 2 is 1.77 bits per heavy atom. The first-order chi connectivity index (χ1) is 19.3. The number of rotatable bonds is 9. The maximum absolute atomic E-state index is 13.2. The summed E-state index contributed by atoms with van der Waals surface area (Å²) in [4.78, 5) is 20.2. The highest BCUT2D eigenvalue weighted by Gasteiger charge is 2.33. The van der Waals surface area contributed by atoms with Crippen LogP contribution in [0.5, 0.6) is 5.75 Å². The van der Waals surface area contributed by atoms with E-state index in [2.05, 4.69) is 41.3 Å². The van der Waals surface area contributed by atoms with Gasteiger partial charge in [-0.05, 0) is 66.3 Å². The Labute approximate surface area is 235 Å². The van der Waals surface area contributed by atoms with Gasteiger partial charge in [0.2, 0.25) is 0 Å². The monoisotopic (exact) mass is 544 g/mol. The highest BCUT2D eigenvalue weighted by Crippen LogP contribution is 2.37. The van der Waals surface area contributed by atoms with Crippen molar-refractivity contribution < 1.29 is 19.9 Å². The van der Waals surface area contributed by atoms with E-state index in [-0.39, 0.29) is 11.6 Å². The zero-order valence-corrected chi connectivity index (χ0v) is 23.2. The summed E-state index contributed by atoms with van der Waals surface area (Å²) >= 11 is 0. The first kappa shape index (κ1) is 27.8. The number of quaternary nitrogens is 1. The van der Waals surface area contributed by atoms with Crippen LogP contribution in [0.2, 0.25) is 0 Å². The minimum absolute atomic E-state index is 0.0319. The van der Waals surface area contributed by atoms with Gasteiger partial charge >= 0.3 is 0 Å². The molecule has 0 bridgehead atoms. The fourth-order valence-corrected chi connectivity index (χ4v) is 5.03. The van der Waals surface area contributed by atoms with Crippen LogP contribution in [-0.4, -0.2) is 65.1 Å². The fraction of sp³-hybridized carbons (Fsp3) is 0.355. The molecule has 9 nitrogen and oxygen atoms in total. The SMILES string of the molecule is CC(C)COc1cccc(CN2CCN(C(=O)c3ccc(N[N+](O)(O)c4cccc5c4N=CCC5)cc3)CC2)c1. The smallest absolute Gasteiger partial charge is 0.253 e. The Hall–Kier alpha value is -3.76. The van der Waals surface area contributed by atoms with E-state index in [4.69, 9.17) is 4.74 Å². The van der Waals surface area contributed by atoms with Crippen LogP contribution < -0.4 is 15.1 Å². The number of piperazine rings is 1. The largest absolute Gasteiger partial charge is 0.493 e. The lowest BCUT2D eigenvalue weighted by atomic mass is 10.0. The molecule has 40 heavy (non-hydrogen) atoms. The number of hydrogen-bond acceptors (Lipinski definition) is 7. The molecule has 1 amide bonds. The molecule has 9 heteroatoms. The average Bonchev–Trinajstić information content (AvgIpc) is 2.96. The number of hydrogen-bond donors (Lipinski definition) is 3. The second-order valence-corrected chi connectivity index (χ2v) is 10.8. The summed E-state index contributed by atoms with van der Waals surface area (Å²) in [6.07, 6.45) is 3.42. The normalized spacial score (nSPS) is 15.7. The number of anilines is 1. The van der Waals surface area contributed by atoms with Crippen LogP contribution in [-0.2, 0) is 13.0 Å². The van der Waals surface area contributed by atoms with Gasteiger partial charge in [-0.2, -0.15) is 5.43 Å². The van der Waals surface area contributed by atoms with E-state index in [9.17, 15) is 15.2 Å². The van der Waals surface area contributed by atoms with Crippen LogP contribution >= 0.6 is 0 Å². The lowest BCUT2D eigenvalue weighted by Gasteiger charge is -2.35. The van der Waals surface area contributed by atoms with Crippen molar-refractivity contribution >= 4 is 29.2 Å². The summed E-state index contributed by atoms with van der Waals surface area (Å²) in [5.74, 6) is 1.34. The molecule has 5 rings (SSSR count). The predicted molar refractivity (Wildman–Crippen MR) is 156 cm³/mol. The summed E-state index contributed by atoms with van der Waals surface area (Å²) in [5, 5.41) is 21.6. The van der Waals surface area contributed by atoms with Crippen LogP contribution in [0.15, 0.2) is 71.7 Å². The van der Waals surface area contributed by atoms with Crippen molar-refractivity contribution in [3.05, 3.63) is 83.4 Å². The molecule has 0 radical (unpaired) electrons. The molecule has 0 atom stereocenters. The van der Waals surface area contributed by atoms with Gasteiger partial charge in [-0.15, -0.1) is 10.4 Å². The maximum Gasteiger partial charge on any atom is 0.253 e. The molecule has 0 unspecified atom stereocenters. The summed E-state index contributed by atoms with van der Waals surface area (Å²) in [6, 6.07) is 20.4. The molecule has 2 aliphatic heterocycles. The predicted octanol–water partition coefficient (Wildman–Crippen LogP) is 5.44. The van der Waals surface area contributed by atoms with Crippen molar-refractivity contribution in [3.8, 4) is 5.75 Å². The molecule has 0 aromatic heterocycles. The van der Waals surface area contributed by atoms with Crippen molar-refractivity contribution in [3.63, 3.8) is 0 Å². The zero-order chi connectivity index (χ0) is 28.1. The molecule has 3 aromatic rings. The van der Waals surface area contributed by atoms with Gasteiger partial charge in [0, 0.05) is 50.6 Å². The number of amides is 1. The molecule has 2 aliphatic rings. The first-order valence-corrected chi connectivity index (χ1v) is 13.9. The third-order valence-electron chi connectivity index (χ3n) is 7.16. The molecule has 2 heterocycles. The molecular weight excluding hydrogens is 506 g/mol. The molecule has 210 valence electrons. The lowest BCUT2D eigenvalue weighted by Crippen LogP contribution is -2.48. The third-order valence-corrected chi connectivity index (χ3v) is 7.16. The molecule has 3 N–H and O–H groups in total. The van der Waals surface area contributed by atoms with E-state index in [0.717, 1.165) is 43.8 Å². The molecular formula is C31H38N5O4+. The Bertz CT molecular complexity index is 1350. The van der Waals surface area contributed by atoms with Crippen molar-refractivity contribution in [1.82, 2.24) is 14.7 Å². The molecule has 3 aromatic carbocycles. The maximum atomic E-state index is 13.2. The number of nitrogens with zero attached hydrogens (tertiary/aromatic N) is 4. The summed E-state index contributed by atoms with van der Waals surface area (Å²) in [7, 11) is 0. The van der Waals surface area contributed by atoms with Crippen molar-refractivity contribution in [2.45, 2.75) is 33.2 Å². The second kappa shape index (κ2) is 12.2. The zero-order valence-electron chi connectivity index (χ0n) is 23.2. The molecule has 0 spiro atoms. The minimum atomic E-state index is -1.54. The average molecular weight is 545 g/mol. The van der Waals surface area contributed by atoms with Gasteiger partial charge in [-0.3, -0.25) is 14.7 Å². The molecule has 1 fully saturated rings. The van der Waals surface area contributed by atoms with Gasteiger partial charge < -0.3 is 9.64 Å². The topological polar surface area (TPSA) is 97.6 Å². The minimum Gasteiger partial charge on any atom is -0.493 e. The summed E-state index contributed by atoms with van der Waals surface area (Å²) in [6.45, 7) is 8.67. The van der Waals surface area contributed by atoms with Gasteiger partial charge in [-0.1, -0.05) is 38.1 Å². The van der Waals surface area contributed by atoms with Crippen LogP contribution in [0.25, 0.3) is 0 Å². The van der Waals surface area contributed by atoms with Crippen molar-refractivity contribution in [2.75, 3.05) is 38.2 Å². The lowest BCUT2D eigenvalue weighted by molar-refractivity contribution is -0.272. The van der Waals surface area contributed by atoms with Crippen LogP contribution in [0.3, 0.4) is 0 Å².